The Morgan fingerprint density at radius 2 is 1.85 bits per heavy atom. The fourth-order valence-corrected chi connectivity index (χ4v) is 2.46. The molecule has 1 aromatic heterocycles. The first kappa shape index (κ1) is 19.9. The zero-order valence-corrected chi connectivity index (χ0v) is 14.4. The number of benzene rings is 1. The summed E-state index contributed by atoms with van der Waals surface area (Å²) in [5.74, 6) is -0.939. The minimum Gasteiger partial charge on any atom is -0.394 e. The molecule has 2 unspecified atom stereocenters. The van der Waals surface area contributed by atoms with E-state index in [1.165, 1.54) is 42.9 Å². The van der Waals surface area contributed by atoms with Crippen LogP contribution >= 0.6 is 0 Å². The Kier molecular flexibility index (Phi) is 5.82. The number of hydrogen-bond donors (Lipinski definition) is 3. The van der Waals surface area contributed by atoms with Gasteiger partial charge in [0.05, 0.1) is 22.5 Å². The minimum atomic E-state index is -1.40. The molecule has 12 heteroatoms. The number of nitro groups is 2. The summed E-state index contributed by atoms with van der Waals surface area (Å²) in [6, 6.07) is 3.69. The molecule has 3 N–H and O–H groups in total. The van der Waals surface area contributed by atoms with Crippen LogP contribution in [0.5, 0.6) is 0 Å². The van der Waals surface area contributed by atoms with Gasteiger partial charge in [-0.25, -0.2) is 0 Å². The van der Waals surface area contributed by atoms with E-state index < -0.39 is 45.9 Å². The Hall–Kier alpha value is -3.38. The second-order valence-electron chi connectivity index (χ2n) is 5.72. The average Bonchev–Trinajstić information content (AvgIpc) is 2.94. The summed E-state index contributed by atoms with van der Waals surface area (Å²) in [4.78, 5) is 32.9. The number of nitrogens with one attached hydrogen (secondary N) is 1. The van der Waals surface area contributed by atoms with Crippen LogP contribution in [0.15, 0.2) is 24.3 Å². The zero-order valence-electron chi connectivity index (χ0n) is 14.4. The van der Waals surface area contributed by atoms with Crippen molar-refractivity contribution in [1.82, 2.24) is 15.1 Å². The maximum Gasteiger partial charge on any atom is 0.322 e. The number of aliphatic hydroxyl groups excluding tert-OH is 2. The highest BCUT2D eigenvalue weighted by Crippen LogP contribution is 2.24. The van der Waals surface area contributed by atoms with Crippen LogP contribution in [0.4, 0.5) is 11.4 Å². The van der Waals surface area contributed by atoms with E-state index in [1.807, 2.05) is 0 Å². The minimum absolute atomic E-state index is 0.168. The molecule has 1 heterocycles. The van der Waals surface area contributed by atoms with Gasteiger partial charge in [0.15, 0.2) is 0 Å². The Balaban J connectivity index is 2.23. The molecule has 0 aliphatic heterocycles. The Morgan fingerprint density at radius 1 is 1.26 bits per heavy atom. The lowest BCUT2D eigenvalue weighted by Crippen LogP contribution is -2.42. The van der Waals surface area contributed by atoms with Gasteiger partial charge in [-0.1, -0.05) is 0 Å². The number of rotatable bonds is 7. The molecule has 0 aliphatic carbocycles. The summed E-state index contributed by atoms with van der Waals surface area (Å²) in [5, 5.41) is 47.8. The molecule has 1 aromatic carbocycles. The van der Waals surface area contributed by atoms with Crippen molar-refractivity contribution in [2.24, 2.45) is 7.05 Å². The summed E-state index contributed by atoms with van der Waals surface area (Å²) in [5.41, 5.74) is -0.728. The van der Waals surface area contributed by atoms with E-state index in [2.05, 4.69) is 10.4 Å². The molecule has 0 fully saturated rings. The van der Waals surface area contributed by atoms with Crippen LogP contribution in [-0.4, -0.2) is 48.4 Å². The van der Waals surface area contributed by atoms with Gasteiger partial charge >= 0.3 is 5.69 Å². The topological polar surface area (TPSA) is 174 Å². The SMILES string of the molecule is Cc1c([N+](=O)[O-])c(C(=O)NC(CO)C(O)c2ccc([N+](=O)[O-])cc2)nn1C. The van der Waals surface area contributed by atoms with Crippen molar-refractivity contribution in [1.29, 1.82) is 0 Å². The lowest BCUT2D eigenvalue weighted by atomic mass is 10.0. The van der Waals surface area contributed by atoms with E-state index in [4.69, 9.17) is 0 Å². The highest BCUT2D eigenvalue weighted by molar-refractivity contribution is 5.96. The number of hydrogen-bond acceptors (Lipinski definition) is 8. The lowest BCUT2D eigenvalue weighted by Gasteiger charge is -2.22. The predicted molar refractivity (Wildman–Crippen MR) is 91.0 cm³/mol. The monoisotopic (exact) mass is 379 g/mol. The van der Waals surface area contributed by atoms with E-state index in [0.717, 1.165) is 0 Å². The Morgan fingerprint density at radius 3 is 2.33 bits per heavy atom. The Labute approximate surface area is 152 Å². The molecule has 2 aromatic rings. The van der Waals surface area contributed by atoms with Gasteiger partial charge in [-0.05, 0) is 24.6 Å². The molecule has 27 heavy (non-hydrogen) atoms. The standard InChI is InChI=1S/C15H17N5O7/c1-8-13(20(26)27)12(17-18(8)2)15(23)16-11(7-21)14(22)9-3-5-10(6-4-9)19(24)25/h3-6,11,14,21-22H,7H2,1-2H3,(H,16,23). The van der Waals surface area contributed by atoms with Gasteiger partial charge in [-0.15, -0.1) is 0 Å². The van der Waals surface area contributed by atoms with E-state index in [9.17, 15) is 35.2 Å². The molecule has 144 valence electrons. The van der Waals surface area contributed by atoms with Crippen LogP contribution in [0.2, 0.25) is 0 Å². The number of aromatic nitrogens is 2. The summed E-state index contributed by atoms with van der Waals surface area (Å²) in [6.07, 6.45) is -1.40. The number of carbonyl (C=O) groups is 1. The summed E-state index contributed by atoms with van der Waals surface area (Å²) < 4.78 is 1.17. The van der Waals surface area contributed by atoms with Gasteiger partial charge in [0.25, 0.3) is 11.6 Å². The molecule has 0 aliphatic rings. The first-order valence-electron chi connectivity index (χ1n) is 7.69. The number of nitrogens with zero attached hydrogens (tertiary/aromatic N) is 4. The molecule has 0 saturated heterocycles. The van der Waals surface area contributed by atoms with Gasteiger partial charge in [0.1, 0.15) is 11.8 Å². The van der Waals surface area contributed by atoms with Crippen molar-refractivity contribution in [2.45, 2.75) is 19.1 Å². The summed E-state index contributed by atoms with van der Waals surface area (Å²) >= 11 is 0. The summed E-state index contributed by atoms with van der Waals surface area (Å²) in [6.45, 7) is 0.751. The van der Waals surface area contributed by atoms with Crippen molar-refractivity contribution in [3.63, 3.8) is 0 Å². The maximum atomic E-state index is 12.4. The second kappa shape index (κ2) is 7.88. The van der Waals surface area contributed by atoms with Crippen LogP contribution < -0.4 is 5.32 Å². The third-order valence-electron chi connectivity index (χ3n) is 4.04. The molecule has 1 amide bonds. The number of aliphatic hydroxyl groups is 2. The van der Waals surface area contributed by atoms with E-state index in [1.54, 1.807) is 0 Å². The number of amides is 1. The first-order chi connectivity index (χ1) is 12.7. The van der Waals surface area contributed by atoms with E-state index in [-0.39, 0.29) is 16.9 Å². The smallest absolute Gasteiger partial charge is 0.322 e. The third-order valence-corrected chi connectivity index (χ3v) is 4.04. The van der Waals surface area contributed by atoms with Crippen LogP contribution in [0, 0.1) is 27.2 Å². The van der Waals surface area contributed by atoms with Crippen molar-refractivity contribution in [2.75, 3.05) is 6.61 Å². The third kappa shape index (κ3) is 4.07. The van der Waals surface area contributed by atoms with Gasteiger partial charge < -0.3 is 15.5 Å². The maximum absolute atomic E-state index is 12.4. The molecular weight excluding hydrogens is 362 g/mol. The van der Waals surface area contributed by atoms with Crippen LogP contribution in [0.1, 0.15) is 27.8 Å². The normalized spacial score (nSPS) is 13.0. The largest absolute Gasteiger partial charge is 0.394 e. The average molecular weight is 379 g/mol. The van der Waals surface area contributed by atoms with Crippen LogP contribution in [0.3, 0.4) is 0 Å². The van der Waals surface area contributed by atoms with Crippen LogP contribution in [-0.2, 0) is 7.05 Å². The molecule has 12 nitrogen and oxygen atoms in total. The quantitative estimate of drug-likeness (QED) is 0.457. The van der Waals surface area contributed by atoms with Gasteiger partial charge in [-0.3, -0.25) is 29.7 Å². The van der Waals surface area contributed by atoms with Gasteiger partial charge in [-0.2, -0.15) is 5.10 Å². The molecule has 2 rings (SSSR count). The van der Waals surface area contributed by atoms with Gasteiger partial charge in [0, 0.05) is 19.2 Å². The number of aryl methyl sites for hydroxylation is 1. The molecular formula is C15H17N5O7. The number of non-ortho nitro benzene ring substituents is 1. The highest BCUT2D eigenvalue weighted by Gasteiger charge is 2.31. The number of nitro benzene ring substituents is 1. The molecule has 0 saturated carbocycles. The summed E-state index contributed by atoms with van der Waals surface area (Å²) in [7, 11) is 1.44. The molecule has 2 atom stereocenters. The molecule has 0 spiro atoms. The van der Waals surface area contributed by atoms with Crippen molar-refractivity contribution in [3.05, 3.63) is 61.4 Å². The fraction of sp³-hybridized carbons (Fsp3) is 0.333. The van der Waals surface area contributed by atoms with Gasteiger partial charge in [0.2, 0.25) is 5.69 Å². The highest BCUT2D eigenvalue weighted by atomic mass is 16.6. The van der Waals surface area contributed by atoms with Crippen LogP contribution in [0.25, 0.3) is 0 Å². The number of carbonyl (C=O) groups excluding carboxylic acids is 1. The Bertz CT molecular complexity index is 877. The second-order valence-corrected chi connectivity index (χ2v) is 5.72. The van der Waals surface area contributed by atoms with Crippen molar-refractivity contribution >= 4 is 17.3 Å². The fourth-order valence-electron chi connectivity index (χ4n) is 2.46. The predicted octanol–water partition coefficient (Wildman–Crippen LogP) is 0.369. The van der Waals surface area contributed by atoms with E-state index >= 15 is 0 Å². The van der Waals surface area contributed by atoms with Crippen molar-refractivity contribution < 1.29 is 24.9 Å². The van der Waals surface area contributed by atoms with E-state index in [0.29, 0.717) is 0 Å². The van der Waals surface area contributed by atoms with Crippen molar-refractivity contribution in [3.8, 4) is 0 Å². The molecule has 0 bridgehead atoms. The first-order valence-corrected chi connectivity index (χ1v) is 7.69. The molecule has 0 radical (unpaired) electrons. The lowest BCUT2D eigenvalue weighted by molar-refractivity contribution is -0.385. The zero-order chi connectivity index (χ0) is 20.3.